The highest BCUT2D eigenvalue weighted by Gasteiger charge is 2.12. The van der Waals surface area contributed by atoms with E-state index in [2.05, 4.69) is 5.32 Å². The molecule has 17 heavy (non-hydrogen) atoms. The fourth-order valence-electron chi connectivity index (χ4n) is 1.53. The molecular formula is C13H13NO2S. The summed E-state index contributed by atoms with van der Waals surface area (Å²) in [6, 6.07) is 9.29. The molecule has 0 saturated heterocycles. The second-order valence-corrected chi connectivity index (χ2v) is 4.50. The van der Waals surface area contributed by atoms with Crippen molar-refractivity contribution in [2.45, 2.75) is 6.92 Å². The standard InChI is InChI=1S/C13H13NO2S/c1-9-7-8-17-12(9)13(15)14-10-5-3-4-6-11(10)16-2/h3-8H,1-2H3,(H,14,15). The number of para-hydroxylation sites is 2. The topological polar surface area (TPSA) is 38.3 Å². The van der Waals surface area contributed by atoms with Gasteiger partial charge < -0.3 is 10.1 Å². The lowest BCUT2D eigenvalue weighted by Crippen LogP contribution is -2.12. The molecular weight excluding hydrogens is 234 g/mol. The summed E-state index contributed by atoms with van der Waals surface area (Å²) < 4.78 is 5.18. The highest BCUT2D eigenvalue weighted by atomic mass is 32.1. The van der Waals surface area contributed by atoms with Crippen LogP contribution in [0.2, 0.25) is 0 Å². The van der Waals surface area contributed by atoms with E-state index in [-0.39, 0.29) is 5.91 Å². The largest absolute Gasteiger partial charge is 0.495 e. The van der Waals surface area contributed by atoms with Gasteiger partial charge in [-0.05, 0) is 36.1 Å². The van der Waals surface area contributed by atoms with Gasteiger partial charge in [-0.2, -0.15) is 0 Å². The van der Waals surface area contributed by atoms with Crippen LogP contribution in [0.5, 0.6) is 5.75 Å². The first kappa shape index (κ1) is 11.7. The fourth-order valence-corrected chi connectivity index (χ4v) is 2.35. The van der Waals surface area contributed by atoms with Gasteiger partial charge in [-0.15, -0.1) is 11.3 Å². The normalized spacial score (nSPS) is 10.0. The van der Waals surface area contributed by atoms with Crippen molar-refractivity contribution in [3.05, 3.63) is 46.2 Å². The smallest absolute Gasteiger partial charge is 0.266 e. The van der Waals surface area contributed by atoms with Gasteiger partial charge in [-0.3, -0.25) is 4.79 Å². The molecule has 0 spiro atoms. The van der Waals surface area contributed by atoms with Gasteiger partial charge in [0.05, 0.1) is 17.7 Å². The molecule has 4 heteroatoms. The number of amides is 1. The number of methoxy groups -OCH3 is 1. The lowest BCUT2D eigenvalue weighted by Gasteiger charge is -2.09. The molecule has 3 nitrogen and oxygen atoms in total. The molecule has 0 bridgehead atoms. The highest BCUT2D eigenvalue weighted by Crippen LogP contribution is 2.25. The van der Waals surface area contributed by atoms with Crippen molar-refractivity contribution in [2.75, 3.05) is 12.4 Å². The summed E-state index contributed by atoms with van der Waals surface area (Å²) in [6.07, 6.45) is 0. The maximum atomic E-state index is 12.0. The number of anilines is 1. The van der Waals surface area contributed by atoms with Gasteiger partial charge in [0.1, 0.15) is 5.75 Å². The Labute approximate surface area is 104 Å². The Balaban J connectivity index is 2.22. The van der Waals surface area contributed by atoms with E-state index in [4.69, 9.17) is 4.74 Å². The summed E-state index contributed by atoms with van der Waals surface area (Å²) in [6.45, 7) is 1.92. The average molecular weight is 247 g/mol. The summed E-state index contributed by atoms with van der Waals surface area (Å²) in [7, 11) is 1.58. The van der Waals surface area contributed by atoms with Crippen LogP contribution in [0.15, 0.2) is 35.7 Å². The molecule has 0 aliphatic heterocycles. The van der Waals surface area contributed by atoms with Crippen molar-refractivity contribution in [1.29, 1.82) is 0 Å². The lowest BCUT2D eigenvalue weighted by atomic mass is 10.2. The van der Waals surface area contributed by atoms with Crippen LogP contribution >= 0.6 is 11.3 Å². The number of aryl methyl sites for hydroxylation is 1. The number of rotatable bonds is 3. The molecule has 1 aromatic heterocycles. The van der Waals surface area contributed by atoms with Gasteiger partial charge in [0, 0.05) is 0 Å². The van der Waals surface area contributed by atoms with Crippen LogP contribution < -0.4 is 10.1 Å². The van der Waals surface area contributed by atoms with Crippen molar-refractivity contribution < 1.29 is 9.53 Å². The molecule has 0 aliphatic rings. The number of carbonyl (C=O) groups excluding carboxylic acids is 1. The first-order valence-electron chi connectivity index (χ1n) is 5.21. The number of thiophene rings is 1. The molecule has 1 N–H and O–H groups in total. The third-order valence-corrected chi connectivity index (χ3v) is 3.44. The summed E-state index contributed by atoms with van der Waals surface area (Å²) in [5.74, 6) is 0.567. The van der Waals surface area contributed by atoms with Crippen LogP contribution in [0.1, 0.15) is 15.2 Å². The Morgan fingerprint density at radius 3 is 2.71 bits per heavy atom. The number of hydrogen-bond donors (Lipinski definition) is 1. The van der Waals surface area contributed by atoms with Crippen LogP contribution in [-0.2, 0) is 0 Å². The van der Waals surface area contributed by atoms with Crippen LogP contribution in [-0.4, -0.2) is 13.0 Å². The molecule has 0 saturated carbocycles. The van der Waals surface area contributed by atoms with Crippen molar-refractivity contribution in [3.8, 4) is 5.75 Å². The van der Waals surface area contributed by atoms with Crippen LogP contribution in [0.4, 0.5) is 5.69 Å². The van der Waals surface area contributed by atoms with Gasteiger partial charge in [0.2, 0.25) is 0 Å². The van der Waals surface area contributed by atoms with Crippen LogP contribution in [0.3, 0.4) is 0 Å². The van der Waals surface area contributed by atoms with Gasteiger partial charge in [0.25, 0.3) is 5.91 Å². The van der Waals surface area contributed by atoms with E-state index in [0.29, 0.717) is 11.4 Å². The minimum atomic E-state index is -0.0954. The van der Waals surface area contributed by atoms with E-state index in [1.165, 1.54) is 11.3 Å². The molecule has 0 unspecified atom stereocenters. The molecule has 1 amide bonds. The Bertz CT molecular complexity index is 534. The van der Waals surface area contributed by atoms with E-state index < -0.39 is 0 Å². The summed E-state index contributed by atoms with van der Waals surface area (Å²) in [5, 5.41) is 4.76. The van der Waals surface area contributed by atoms with Crippen LogP contribution in [0.25, 0.3) is 0 Å². The number of benzene rings is 1. The van der Waals surface area contributed by atoms with E-state index in [1.54, 1.807) is 7.11 Å². The quantitative estimate of drug-likeness (QED) is 0.903. The molecule has 2 rings (SSSR count). The molecule has 2 aromatic rings. The zero-order valence-corrected chi connectivity index (χ0v) is 10.5. The maximum Gasteiger partial charge on any atom is 0.266 e. The third-order valence-electron chi connectivity index (χ3n) is 2.42. The predicted molar refractivity (Wildman–Crippen MR) is 70.0 cm³/mol. The molecule has 0 atom stereocenters. The molecule has 88 valence electrons. The van der Waals surface area contributed by atoms with Crippen molar-refractivity contribution in [2.24, 2.45) is 0 Å². The Kier molecular flexibility index (Phi) is 3.44. The molecule has 0 radical (unpaired) electrons. The highest BCUT2D eigenvalue weighted by molar-refractivity contribution is 7.12. The van der Waals surface area contributed by atoms with E-state index in [1.807, 2.05) is 42.6 Å². The molecule has 1 heterocycles. The summed E-state index contributed by atoms with van der Waals surface area (Å²) in [5.41, 5.74) is 1.68. The first-order valence-corrected chi connectivity index (χ1v) is 6.09. The lowest BCUT2D eigenvalue weighted by molar-refractivity contribution is 0.102. The Hall–Kier alpha value is -1.81. The second-order valence-electron chi connectivity index (χ2n) is 3.59. The summed E-state index contributed by atoms with van der Waals surface area (Å²) in [4.78, 5) is 12.7. The average Bonchev–Trinajstić information content (AvgIpc) is 2.76. The number of carbonyl (C=O) groups is 1. The van der Waals surface area contributed by atoms with Crippen molar-refractivity contribution >= 4 is 22.9 Å². The zero-order valence-electron chi connectivity index (χ0n) is 9.69. The first-order chi connectivity index (χ1) is 8.22. The minimum absolute atomic E-state index is 0.0954. The SMILES string of the molecule is COc1ccccc1NC(=O)c1sccc1C. The third kappa shape index (κ3) is 2.47. The number of nitrogens with one attached hydrogen (secondary N) is 1. The van der Waals surface area contributed by atoms with Crippen molar-refractivity contribution in [3.63, 3.8) is 0 Å². The molecule has 0 fully saturated rings. The second kappa shape index (κ2) is 5.01. The molecule has 1 aromatic carbocycles. The van der Waals surface area contributed by atoms with Gasteiger partial charge >= 0.3 is 0 Å². The van der Waals surface area contributed by atoms with Crippen LogP contribution in [0, 0.1) is 6.92 Å². The fraction of sp³-hybridized carbons (Fsp3) is 0.154. The Morgan fingerprint density at radius 1 is 1.29 bits per heavy atom. The predicted octanol–water partition coefficient (Wildman–Crippen LogP) is 3.32. The number of hydrogen-bond acceptors (Lipinski definition) is 3. The minimum Gasteiger partial charge on any atom is -0.495 e. The van der Waals surface area contributed by atoms with Gasteiger partial charge in [0.15, 0.2) is 0 Å². The maximum absolute atomic E-state index is 12.0. The Morgan fingerprint density at radius 2 is 2.06 bits per heavy atom. The van der Waals surface area contributed by atoms with Gasteiger partial charge in [-0.25, -0.2) is 0 Å². The number of ether oxygens (including phenoxy) is 1. The van der Waals surface area contributed by atoms with E-state index >= 15 is 0 Å². The summed E-state index contributed by atoms with van der Waals surface area (Å²) >= 11 is 1.44. The van der Waals surface area contributed by atoms with Crippen molar-refractivity contribution in [1.82, 2.24) is 0 Å². The molecule has 0 aliphatic carbocycles. The van der Waals surface area contributed by atoms with Gasteiger partial charge in [-0.1, -0.05) is 12.1 Å². The zero-order chi connectivity index (χ0) is 12.3. The van der Waals surface area contributed by atoms with E-state index in [0.717, 1.165) is 10.4 Å². The van der Waals surface area contributed by atoms with E-state index in [9.17, 15) is 4.79 Å². The monoisotopic (exact) mass is 247 g/mol.